The molecule has 0 aliphatic heterocycles. The van der Waals surface area contributed by atoms with Crippen LogP contribution in [0.4, 0.5) is 0 Å². The number of nitrogens with zero attached hydrogens (tertiary/aromatic N) is 1. The highest BCUT2D eigenvalue weighted by atomic mass is 16.5. The minimum absolute atomic E-state index is 0.0326. The van der Waals surface area contributed by atoms with Gasteiger partial charge in [0.05, 0.1) is 18.9 Å². The van der Waals surface area contributed by atoms with Crippen LogP contribution in [0.2, 0.25) is 0 Å². The van der Waals surface area contributed by atoms with Crippen molar-refractivity contribution in [1.29, 1.82) is 0 Å². The van der Waals surface area contributed by atoms with Gasteiger partial charge >= 0.3 is 0 Å². The summed E-state index contributed by atoms with van der Waals surface area (Å²) >= 11 is 0. The second kappa shape index (κ2) is 4.82. The first-order valence-corrected chi connectivity index (χ1v) is 5.28. The molecule has 0 saturated heterocycles. The first-order valence-electron chi connectivity index (χ1n) is 5.28. The number of carbonyl (C=O) groups excluding carboxylic acids is 1. The van der Waals surface area contributed by atoms with Crippen LogP contribution in [0.1, 0.15) is 28.6 Å². The molecule has 1 aromatic heterocycles. The molecule has 0 aliphatic rings. The molecule has 0 saturated carbocycles. The van der Waals surface area contributed by atoms with Gasteiger partial charge < -0.3 is 9.26 Å². The fraction of sp³-hybridized carbons (Fsp3) is 0.231. The van der Waals surface area contributed by atoms with Crippen molar-refractivity contribution in [1.82, 2.24) is 5.16 Å². The molecule has 4 heteroatoms. The molecule has 0 N–H and O–H groups in total. The molecule has 2 aromatic rings. The zero-order valence-corrected chi connectivity index (χ0v) is 9.77. The van der Waals surface area contributed by atoms with E-state index in [0.717, 1.165) is 11.3 Å². The maximum absolute atomic E-state index is 11.3. The molecule has 0 atom stereocenters. The summed E-state index contributed by atoms with van der Waals surface area (Å²) in [5.41, 5.74) is 1.59. The van der Waals surface area contributed by atoms with Crippen molar-refractivity contribution < 1.29 is 14.1 Å². The Hall–Kier alpha value is -2.10. The van der Waals surface area contributed by atoms with E-state index in [1.54, 1.807) is 7.11 Å². The lowest BCUT2D eigenvalue weighted by Gasteiger charge is -2.02. The van der Waals surface area contributed by atoms with Gasteiger partial charge in [-0.1, -0.05) is 17.3 Å². The minimum atomic E-state index is -0.0326. The first kappa shape index (κ1) is 11.4. The quantitative estimate of drug-likeness (QED) is 0.758. The van der Waals surface area contributed by atoms with Crippen molar-refractivity contribution in [2.45, 2.75) is 13.3 Å². The molecule has 4 nitrogen and oxygen atoms in total. The van der Waals surface area contributed by atoms with Crippen LogP contribution >= 0.6 is 0 Å². The van der Waals surface area contributed by atoms with Gasteiger partial charge in [0.1, 0.15) is 5.75 Å². The molecule has 0 aliphatic carbocycles. The molecule has 1 heterocycles. The van der Waals surface area contributed by atoms with Crippen molar-refractivity contribution in [3.8, 4) is 5.75 Å². The van der Waals surface area contributed by atoms with Crippen LogP contribution < -0.4 is 4.74 Å². The summed E-state index contributed by atoms with van der Waals surface area (Å²) in [5, 5.41) is 3.65. The summed E-state index contributed by atoms with van der Waals surface area (Å²) in [4.78, 5) is 11.3. The monoisotopic (exact) mass is 231 g/mol. The third-order valence-corrected chi connectivity index (χ3v) is 2.55. The SMILES string of the molecule is COc1ccc(Cc2oncc2C(C)=O)cc1. The molecular formula is C13H13NO3. The molecule has 0 fully saturated rings. The second-order valence-electron chi connectivity index (χ2n) is 3.74. The van der Waals surface area contributed by atoms with Crippen molar-refractivity contribution >= 4 is 5.78 Å². The smallest absolute Gasteiger partial charge is 0.165 e. The van der Waals surface area contributed by atoms with Gasteiger partial charge in [-0.2, -0.15) is 0 Å². The first-order chi connectivity index (χ1) is 8.20. The summed E-state index contributed by atoms with van der Waals surface area (Å²) in [7, 11) is 1.62. The number of hydrogen-bond acceptors (Lipinski definition) is 4. The highest BCUT2D eigenvalue weighted by Crippen LogP contribution is 2.17. The Morgan fingerprint density at radius 1 is 1.35 bits per heavy atom. The van der Waals surface area contributed by atoms with Crippen LogP contribution in [0.25, 0.3) is 0 Å². The van der Waals surface area contributed by atoms with Crippen molar-refractivity contribution in [3.63, 3.8) is 0 Å². The molecule has 0 radical (unpaired) electrons. The average Bonchev–Trinajstić information content (AvgIpc) is 2.78. The van der Waals surface area contributed by atoms with E-state index in [4.69, 9.17) is 9.26 Å². The zero-order valence-electron chi connectivity index (χ0n) is 9.77. The molecular weight excluding hydrogens is 218 g/mol. The lowest BCUT2D eigenvalue weighted by atomic mass is 10.1. The largest absolute Gasteiger partial charge is 0.497 e. The maximum Gasteiger partial charge on any atom is 0.165 e. The molecule has 0 spiro atoms. The predicted octanol–water partition coefficient (Wildman–Crippen LogP) is 2.48. The van der Waals surface area contributed by atoms with Crippen LogP contribution in [0.15, 0.2) is 35.0 Å². The van der Waals surface area contributed by atoms with Gasteiger partial charge in [-0.15, -0.1) is 0 Å². The molecule has 0 bridgehead atoms. The fourth-order valence-corrected chi connectivity index (χ4v) is 1.61. The molecule has 88 valence electrons. The number of ether oxygens (including phenoxy) is 1. The van der Waals surface area contributed by atoms with Crippen LogP contribution in [0, 0.1) is 0 Å². The van der Waals surface area contributed by atoms with E-state index in [1.807, 2.05) is 24.3 Å². The number of methoxy groups -OCH3 is 1. The standard InChI is InChI=1S/C13H13NO3/c1-9(15)12-8-14-17-13(12)7-10-3-5-11(16-2)6-4-10/h3-6,8H,7H2,1-2H3. The van der Waals surface area contributed by atoms with Gasteiger partial charge in [-0.3, -0.25) is 4.79 Å². The Balaban J connectivity index is 2.19. The molecule has 0 amide bonds. The van der Waals surface area contributed by atoms with Crippen molar-refractivity contribution in [3.05, 3.63) is 47.3 Å². The molecule has 17 heavy (non-hydrogen) atoms. The third-order valence-electron chi connectivity index (χ3n) is 2.55. The second-order valence-corrected chi connectivity index (χ2v) is 3.74. The highest BCUT2D eigenvalue weighted by molar-refractivity contribution is 5.94. The topological polar surface area (TPSA) is 52.3 Å². The van der Waals surface area contributed by atoms with Gasteiger partial charge in [0.25, 0.3) is 0 Å². The minimum Gasteiger partial charge on any atom is -0.497 e. The number of rotatable bonds is 4. The Kier molecular flexibility index (Phi) is 3.23. The van der Waals surface area contributed by atoms with Gasteiger partial charge in [-0.25, -0.2) is 0 Å². The Morgan fingerprint density at radius 2 is 2.06 bits per heavy atom. The van der Waals surface area contributed by atoms with Gasteiger partial charge in [0.15, 0.2) is 11.5 Å². The van der Waals surface area contributed by atoms with E-state index in [1.165, 1.54) is 13.1 Å². The lowest BCUT2D eigenvalue weighted by Crippen LogP contribution is -1.96. The number of carbonyl (C=O) groups is 1. The highest BCUT2D eigenvalue weighted by Gasteiger charge is 2.12. The number of benzene rings is 1. The van der Waals surface area contributed by atoms with Crippen molar-refractivity contribution in [2.24, 2.45) is 0 Å². The Labute approximate surface area is 99.2 Å². The van der Waals surface area contributed by atoms with Crippen molar-refractivity contribution in [2.75, 3.05) is 7.11 Å². The Morgan fingerprint density at radius 3 is 2.65 bits per heavy atom. The zero-order chi connectivity index (χ0) is 12.3. The molecule has 2 rings (SSSR count). The van der Waals surface area contributed by atoms with Crippen LogP contribution in [-0.4, -0.2) is 18.0 Å². The van der Waals surface area contributed by atoms with E-state index < -0.39 is 0 Å². The van der Waals surface area contributed by atoms with E-state index >= 15 is 0 Å². The summed E-state index contributed by atoms with van der Waals surface area (Å²) < 4.78 is 10.2. The van der Waals surface area contributed by atoms with Crippen LogP contribution in [0.5, 0.6) is 5.75 Å². The molecule has 1 aromatic carbocycles. The van der Waals surface area contributed by atoms with E-state index in [2.05, 4.69) is 5.16 Å². The van der Waals surface area contributed by atoms with Gasteiger partial charge in [0.2, 0.25) is 0 Å². The normalized spacial score (nSPS) is 10.2. The van der Waals surface area contributed by atoms with Crippen LogP contribution in [-0.2, 0) is 6.42 Å². The lowest BCUT2D eigenvalue weighted by molar-refractivity contribution is 0.101. The summed E-state index contributed by atoms with van der Waals surface area (Å²) in [5.74, 6) is 1.37. The van der Waals surface area contributed by atoms with E-state index in [-0.39, 0.29) is 5.78 Å². The van der Waals surface area contributed by atoms with Crippen LogP contribution in [0.3, 0.4) is 0 Å². The number of aromatic nitrogens is 1. The number of hydrogen-bond donors (Lipinski definition) is 0. The fourth-order valence-electron chi connectivity index (χ4n) is 1.61. The van der Waals surface area contributed by atoms with E-state index in [0.29, 0.717) is 17.7 Å². The number of Topliss-reactive ketones (excluding diaryl/α,β-unsaturated/α-hetero) is 1. The Bertz CT molecular complexity index is 514. The van der Waals surface area contributed by atoms with Gasteiger partial charge in [-0.05, 0) is 24.6 Å². The van der Waals surface area contributed by atoms with E-state index in [9.17, 15) is 4.79 Å². The summed E-state index contributed by atoms with van der Waals surface area (Å²) in [6, 6.07) is 7.62. The average molecular weight is 231 g/mol. The maximum atomic E-state index is 11.3. The predicted molar refractivity (Wildman–Crippen MR) is 62.3 cm³/mol. The number of ketones is 1. The van der Waals surface area contributed by atoms with Gasteiger partial charge in [0, 0.05) is 6.42 Å². The third kappa shape index (κ3) is 2.53. The summed E-state index contributed by atoms with van der Waals surface area (Å²) in [6.45, 7) is 1.50. The molecule has 0 unspecified atom stereocenters. The summed E-state index contributed by atoms with van der Waals surface area (Å²) in [6.07, 6.45) is 2.01.